The molecule has 3 N–H and O–H groups in total. The summed E-state index contributed by atoms with van der Waals surface area (Å²) in [5.74, 6) is -0.832. The van der Waals surface area contributed by atoms with Gasteiger partial charge in [0.25, 0.3) is 0 Å². The lowest BCUT2D eigenvalue weighted by atomic mass is 10.0. The van der Waals surface area contributed by atoms with E-state index in [-0.39, 0.29) is 38.6 Å². The third-order valence-corrected chi connectivity index (χ3v) is 15.2. The monoisotopic (exact) mass is 1200 g/mol. The van der Waals surface area contributed by atoms with Crippen molar-refractivity contribution in [3.05, 3.63) is 146 Å². The largest absolute Gasteiger partial charge is 0.472 e. The molecule has 0 aliphatic heterocycles. The second kappa shape index (κ2) is 69.0. The Labute approximate surface area is 522 Å². The van der Waals surface area contributed by atoms with Crippen molar-refractivity contribution < 1.29 is 37.6 Å². The van der Waals surface area contributed by atoms with Gasteiger partial charge < -0.3 is 20.1 Å². The zero-order valence-electron chi connectivity index (χ0n) is 54.3. The van der Waals surface area contributed by atoms with Crippen molar-refractivity contribution in [2.75, 3.05) is 26.4 Å². The van der Waals surface area contributed by atoms with Gasteiger partial charge in [-0.15, -0.1) is 0 Å². The molecule has 0 heterocycles. The maximum atomic E-state index is 12.8. The molecule has 0 radical (unpaired) electrons. The molecule has 85 heavy (non-hydrogen) atoms. The summed E-state index contributed by atoms with van der Waals surface area (Å²) in [5, 5.41) is 0. The summed E-state index contributed by atoms with van der Waals surface area (Å²) in [6.07, 6.45) is 99.2. The molecule has 0 aromatic heterocycles. The molecule has 0 spiro atoms. The summed E-state index contributed by atoms with van der Waals surface area (Å²) in [4.78, 5) is 35.4. The van der Waals surface area contributed by atoms with Crippen LogP contribution in [0.2, 0.25) is 0 Å². The molecule has 0 saturated heterocycles. The predicted octanol–water partition coefficient (Wildman–Crippen LogP) is 22.6. The minimum absolute atomic E-state index is 0.0471. The number of ether oxygens (including phenoxy) is 2. The third-order valence-electron chi connectivity index (χ3n) is 14.2. The van der Waals surface area contributed by atoms with Crippen LogP contribution < -0.4 is 5.73 Å². The first-order chi connectivity index (χ1) is 41.8. The fraction of sp³-hybridized carbons (Fsp3) is 0.653. The Balaban J connectivity index is 3.93. The van der Waals surface area contributed by atoms with Crippen molar-refractivity contribution in [1.29, 1.82) is 0 Å². The van der Waals surface area contributed by atoms with Gasteiger partial charge in [-0.1, -0.05) is 301 Å². The lowest BCUT2D eigenvalue weighted by Crippen LogP contribution is -2.29. The van der Waals surface area contributed by atoms with Crippen LogP contribution in [-0.4, -0.2) is 49.3 Å². The molecule has 10 heteroatoms. The van der Waals surface area contributed by atoms with Crippen molar-refractivity contribution in [1.82, 2.24) is 0 Å². The number of allylic oxidation sites excluding steroid dienone is 24. The number of phosphoric ester groups is 1. The van der Waals surface area contributed by atoms with E-state index in [1.54, 1.807) is 0 Å². The van der Waals surface area contributed by atoms with Gasteiger partial charge in [-0.3, -0.25) is 18.6 Å². The van der Waals surface area contributed by atoms with E-state index < -0.39 is 26.5 Å². The number of rotatable bonds is 63. The minimum Gasteiger partial charge on any atom is -0.462 e. The highest BCUT2D eigenvalue weighted by atomic mass is 31.2. The van der Waals surface area contributed by atoms with Crippen LogP contribution in [0.4, 0.5) is 0 Å². The molecule has 0 rings (SSSR count). The number of unbranched alkanes of at least 4 members (excludes halogenated alkanes) is 26. The molecule has 0 fully saturated rings. The molecular formula is C75H126NO8P. The van der Waals surface area contributed by atoms with Crippen LogP contribution in [0, 0.1) is 0 Å². The van der Waals surface area contributed by atoms with E-state index in [4.69, 9.17) is 24.3 Å². The van der Waals surface area contributed by atoms with Crippen molar-refractivity contribution in [2.45, 2.75) is 290 Å². The van der Waals surface area contributed by atoms with Crippen LogP contribution in [0.1, 0.15) is 284 Å². The predicted molar refractivity (Wildman–Crippen MR) is 367 cm³/mol. The summed E-state index contributed by atoms with van der Waals surface area (Å²) in [5.41, 5.74) is 5.40. The molecule has 484 valence electrons. The van der Waals surface area contributed by atoms with E-state index >= 15 is 0 Å². The summed E-state index contributed by atoms with van der Waals surface area (Å²) < 4.78 is 33.2. The highest BCUT2D eigenvalue weighted by molar-refractivity contribution is 7.47. The van der Waals surface area contributed by atoms with E-state index in [2.05, 4.69) is 160 Å². The SMILES string of the molecule is CC/C=C\C/C=C\C/C=C\C/C=C\C/C=C\C/C=C\C/C=C\CCCCCCCCCCCCCC(=O)OC(COC(=O)CCCCCCCCCCCCCCCCC/C=C\C/C=C\C/C=C\C/C=C\C/C=C\CC)COP(=O)(O)OCCN. The van der Waals surface area contributed by atoms with Gasteiger partial charge in [0.05, 0.1) is 13.2 Å². The molecule has 9 nitrogen and oxygen atoms in total. The van der Waals surface area contributed by atoms with Gasteiger partial charge in [0.15, 0.2) is 6.10 Å². The molecule has 2 unspecified atom stereocenters. The molecular weight excluding hydrogens is 1070 g/mol. The van der Waals surface area contributed by atoms with Gasteiger partial charge in [-0.05, 0) is 116 Å². The summed E-state index contributed by atoms with van der Waals surface area (Å²) >= 11 is 0. The topological polar surface area (TPSA) is 134 Å². The van der Waals surface area contributed by atoms with Gasteiger partial charge in [0.2, 0.25) is 0 Å². The van der Waals surface area contributed by atoms with Gasteiger partial charge in [-0.25, -0.2) is 4.57 Å². The normalized spacial score (nSPS) is 13.9. The number of esters is 2. The number of phosphoric acid groups is 1. The first kappa shape index (κ1) is 80.9. The molecule has 0 bridgehead atoms. The molecule has 0 aromatic rings. The smallest absolute Gasteiger partial charge is 0.462 e. The van der Waals surface area contributed by atoms with Crippen molar-refractivity contribution in [3.63, 3.8) is 0 Å². The van der Waals surface area contributed by atoms with Gasteiger partial charge in [-0.2, -0.15) is 0 Å². The molecule has 2 atom stereocenters. The van der Waals surface area contributed by atoms with Crippen LogP contribution in [0.5, 0.6) is 0 Å². The summed E-state index contributed by atoms with van der Waals surface area (Å²) in [6.45, 7) is 3.52. The van der Waals surface area contributed by atoms with Crippen LogP contribution >= 0.6 is 7.82 Å². The number of hydrogen-bond donors (Lipinski definition) is 2. The molecule has 0 aliphatic rings. The Kier molecular flexibility index (Phi) is 65.7. The van der Waals surface area contributed by atoms with E-state index in [9.17, 15) is 19.0 Å². The van der Waals surface area contributed by atoms with E-state index in [1.165, 1.54) is 128 Å². The average Bonchev–Trinajstić information content (AvgIpc) is 3.52. The van der Waals surface area contributed by atoms with Crippen molar-refractivity contribution in [2.24, 2.45) is 5.73 Å². The number of carbonyl (C=O) groups is 2. The lowest BCUT2D eigenvalue weighted by molar-refractivity contribution is -0.161. The van der Waals surface area contributed by atoms with E-state index in [1.807, 2.05) is 0 Å². The number of carbonyl (C=O) groups excluding carboxylic acids is 2. The van der Waals surface area contributed by atoms with Crippen molar-refractivity contribution in [3.8, 4) is 0 Å². The first-order valence-electron chi connectivity index (χ1n) is 34.3. The van der Waals surface area contributed by atoms with Crippen LogP contribution in [0.15, 0.2) is 146 Å². The quantitative estimate of drug-likeness (QED) is 0.0264. The van der Waals surface area contributed by atoms with Crippen LogP contribution in [-0.2, 0) is 32.7 Å². The standard InChI is InChI=1S/C75H126NO8P/c1-3-5-7-9-11-13-15-17-19-21-23-25-27-29-31-33-35-36-38-40-42-44-46-48-50-52-54-56-58-60-62-64-66-68-75(78)84-73(72-83-85(79,80)82-70-69-76)71-81-74(77)67-65-63-61-59-57-55-53-51-49-47-45-43-41-39-37-34-32-30-28-26-24-22-20-18-16-14-12-10-8-6-4-2/h5-8,11-14,17-20,23-26,29-32,35-36,40,42,73H,3-4,9-10,15-16,21-22,27-28,33-34,37-39,41,43-72,76H2,1-2H3,(H,79,80)/b7-5-,8-6-,13-11-,14-12-,19-17-,20-18-,25-23-,26-24-,31-29-,32-30-,36-35-,42-40-. The Morgan fingerprint density at radius 1 is 0.353 bits per heavy atom. The number of hydrogen-bond acceptors (Lipinski definition) is 8. The third kappa shape index (κ3) is 68.9. The fourth-order valence-electron chi connectivity index (χ4n) is 9.23. The van der Waals surface area contributed by atoms with E-state index in [0.717, 1.165) is 122 Å². The second-order valence-corrected chi connectivity index (χ2v) is 23.7. The zero-order chi connectivity index (χ0) is 61.6. The van der Waals surface area contributed by atoms with Gasteiger partial charge in [0.1, 0.15) is 6.61 Å². The Morgan fingerprint density at radius 3 is 0.906 bits per heavy atom. The van der Waals surface area contributed by atoms with Crippen LogP contribution in [0.3, 0.4) is 0 Å². The van der Waals surface area contributed by atoms with Crippen LogP contribution in [0.25, 0.3) is 0 Å². The fourth-order valence-corrected chi connectivity index (χ4v) is 10.00. The van der Waals surface area contributed by atoms with Gasteiger partial charge in [0, 0.05) is 19.4 Å². The average molecular weight is 1200 g/mol. The Bertz CT molecular complexity index is 1900. The molecule has 0 amide bonds. The highest BCUT2D eigenvalue weighted by Crippen LogP contribution is 2.43. The maximum Gasteiger partial charge on any atom is 0.472 e. The summed E-state index contributed by atoms with van der Waals surface area (Å²) in [6, 6.07) is 0. The Hall–Kier alpha value is -4.11. The van der Waals surface area contributed by atoms with E-state index in [0.29, 0.717) is 6.42 Å². The lowest BCUT2D eigenvalue weighted by Gasteiger charge is -2.19. The zero-order valence-corrected chi connectivity index (χ0v) is 55.2. The molecule has 0 aliphatic carbocycles. The maximum absolute atomic E-state index is 12.8. The highest BCUT2D eigenvalue weighted by Gasteiger charge is 2.26. The summed E-state index contributed by atoms with van der Waals surface area (Å²) in [7, 11) is -4.40. The molecule has 0 saturated carbocycles. The number of nitrogens with two attached hydrogens (primary N) is 1. The minimum atomic E-state index is -4.40. The van der Waals surface area contributed by atoms with Gasteiger partial charge >= 0.3 is 19.8 Å². The molecule has 0 aromatic carbocycles. The second-order valence-electron chi connectivity index (χ2n) is 22.3. The van der Waals surface area contributed by atoms with Crippen molar-refractivity contribution >= 4 is 19.8 Å². The Morgan fingerprint density at radius 2 is 0.612 bits per heavy atom. The first-order valence-corrected chi connectivity index (χ1v) is 35.8.